The molecule has 0 aromatic carbocycles. The summed E-state index contributed by atoms with van der Waals surface area (Å²) in [5, 5.41) is 3.53. The van der Waals surface area contributed by atoms with Gasteiger partial charge in [-0.15, -0.1) is 0 Å². The molecule has 0 spiro atoms. The smallest absolute Gasteiger partial charge is 0.355 e. The van der Waals surface area contributed by atoms with E-state index in [-0.39, 0.29) is 6.10 Å². The number of carbonyl (C=O) groups excluding carboxylic acids is 1. The van der Waals surface area contributed by atoms with Crippen molar-refractivity contribution in [1.82, 2.24) is 0 Å². The second-order valence-electron chi connectivity index (χ2n) is 2.15. The van der Waals surface area contributed by atoms with E-state index in [9.17, 15) is 4.79 Å². The van der Waals surface area contributed by atoms with Crippen LogP contribution < -0.4 is 0 Å². The number of oxime groups is 1. The summed E-state index contributed by atoms with van der Waals surface area (Å²) in [6, 6.07) is 0. The fraction of sp³-hybridized carbons (Fsp3) is 0.667. The lowest BCUT2D eigenvalue weighted by Gasteiger charge is -1.95. The second kappa shape index (κ2) is 2.68. The molecule has 1 aliphatic heterocycles. The summed E-state index contributed by atoms with van der Waals surface area (Å²) in [6.45, 7) is 1.85. The first-order chi connectivity index (χ1) is 4.74. The van der Waals surface area contributed by atoms with Crippen LogP contribution in [-0.4, -0.2) is 24.9 Å². The van der Waals surface area contributed by atoms with Crippen LogP contribution in [0.2, 0.25) is 0 Å². The molecule has 0 amide bonds. The van der Waals surface area contributed by atoms with E-state index in [0.717, 1.165) is 0 Å². The van der Waals surface area contributed by atoms with Gasteiger partial charge in [0.1, 0.15) is 6.10 Å². The molecule has 4 nitrogen and oxygen atoms in total. The molecule has 56 valence electrons. The van der Waals surface area contributed by atoms with Crippen LogP contribution in [0.3, 0.4) is 0 Å². The molecule has 0 aliphatic carbocycles. The van der Waals surface area contributed by atoms with Crippen molar-refractivity contribution in [1.29, 1.82) is 0 Å². The van der Waals surface area contributed by atoms with Crippen molar-refractivity contribution in [3.63, 3.8) is 0 Å². The lowest BCUT2D eigenvalue weighted by atomic mass is 10.2. The molecule has 0 aromatic heterocycles. The summed E-state index contributed by atoms with van der Waals surface area (Å²) >= 11 is 0. The van der Waals surface area contributed by atoms with Crippen molar-refractivity contribution < 1.29 is 14.4 Å². The average molecular weight is 143 g/mol. The van der Waals surface area contributed by atoms with Gasteiger partial charge in [0.25, 0.3) is 0 Å². The molecule has 0 radical (unpaired) electrons. The topological polar surface area (TPSA) is 47.9 Å². The standard InChI is InChI=1S/C6H9NO3/c1-4-3-5(7-10-4)6(8)9-2/h4H,3H2,1-2H3. The van der Waals surface area contributed by atoms with Crippen molar-refractivity contribution in [3.8, 4) is 0 Å². The fourth-order valence-electron chi connectivity index (χ4n) is 0.739. The van der Waals surface area contributed by atoms with Crippen LogP contribution in [0.5, 0.6) is 0 Å². The highest BCUT2D eigenvalue weighted by molar-refractivity contribution is 6.36. The Labute approximate surface area is 58.8 Å². The summed E-state index contributed by atoms with van der Waals surface area (Å²) in [6.07, 6.45) is 0.557. The molecule has 1 rings (SSSR count). The zero-order chi connectivity index (χ0) is 7.56. The maximum absolute atomic E-state index is 10.7. The molecular formula is C6H9NO3. The van der Waals surface area contributed by atoms with E-state index in [4.69, 9.17) is 4.84 Å². The van der Waals surface area contributed by atoms with Gasteiger partial charge in [0.2, 0.25) is 0 Å². The number of hydrogen-bond donors (Lipinski definition) is 0. The maximum Gasteiger partial charge on any atom is 0.355 e. The van der Waals surface area contributed by atoms with Crippen LogP contribution >= 0.6 is 0 Å². The van der Waals surface area contributed by atoms with Crippen LogP contribution in [0.4, 0.5) is 0 Å². The summed E-state index contributed by atoms with van der Waals surface area (Å²) in [5.41, 5.74) is 0.370. The minimum atomic E-state index is -0.399. The Hall–Kier alpha value is -1.06. The van der Waals surface area contributed by atoms with E-state index >= 15 is 0 Å². The molecule has 0 aromatic rings. The van der Waals surface area contributed by atoms with Crippen LogP contribution in [0.25, 0.3) is 0 Å². The highest BCUT2D eigenvalue weighted by atomic mass is 16.6. The first-order valence-corrected chi connectivity index (χ1v) is 3.05. The molecule has 1 unspecified atom stereocenters. The van der Waals surface area contributed by atoms with Gasteiger partial charge in [-0.2, -0.15) is 0 Å². The molecule has 1 heterocycles. The molecule has 4 heteroatoms. The average Bonchev–Trinajstić information content (AvgIpc) is 2.34. The van der Waals surface area contributed by atoms with Gasteiger partial charge in [-0.25, -0.2) is 4.79 Å². The Morgan fingerprint density at radius 2 is 2.60 bits per heavy atom. The fourth-order valence-corrected chi connectivity index (χ4v) is 0.739. The largest absolute Gasteiger partial charge is 0.464 e. The zero-order valence-electron chi connectivity index (χ0n) is 5.96. The Bertz CT molecular complexity index is 176. The third kappa shape index (κ3) is 1.26. The van der Waals surface area contributed by atoms with Gasteiger partial charge < -0.3 is 9.57 Å². The molecular weight excluding hydrogens is 134 g/mol. The molecule has 0 saturated heterocycles. The van der Waals surface area contributed by atoms with E-state index in [2.05, 4.69) is 9.89 Å². The summed E-state index contributed by atoms with van der Waals surface area (Å²) in [4.78, 5) is 15.5. The highest BCUT2D eigenvalue weighted by Crippen LogP contribution is 2.09. The monoisotopic (exact) mass is 143 g/mol. The molecule has 1 atom stereocenters. The van der Waals surface area contributed by atoms with E-state index < -0.39 is 5.97 Å². The van der Waals surface area contributed by atoms with Crippen molar-refractivity contribution >= 4 is 11.7 Å². The molecule has 0 saturated carbocycles. The molecule has 0 N–H and O–H groups in total. The van der Waals surface area contributed by atoms with Gasteiger partial charge in [-0.05, 0) is 6.92 Å². The number of nitrogens with zero attached hydrogens (tertiary/aromatic N) is 1. The number of carbonyl (C=O) groups is 1. The van der Waals surface area contributed by atoms with E-state index in [0.29, 0.717) is 12.1 Å². The van der Waals surface area contributed by atoms with Gasteiger partial charge in [-0.3, -0.25) is 0 Å². The van der Waals surface area contributed by atoms with E-state index in [1.54, 1.807) is 0 Å². The normalized spacial score (nSPS) is 23.4. The minimum absolute atomic E-state index is 0.00843. The predicted molar refractivity (Wildman–Crippen MR) is 34.6 cm³/mol. The minimum Gasteiger partial charge on any atom is -0.464 e. The maximum atomic E-state index is 10.7. The van der Waals surface area contributed by atoms with Crippen molar-refractivity contribution in [2.75, 3.05) is 7.11 Å². The van der Waals surface area contributed by atoms with Gasteiger partial charge in [0.15, 0.2) is 5.71 Å². The number of methoxy groups -OCH3 is 1. The van der Waals surface area contributed by atoms with Gasteiger partial charge in [0.05, 0.1) is 7.11 Å². The van der Waals surface area contributed by atoms with E-state index in [1.165, 1.54) is 7.11 Å². The lowest BCUT2D eigenvalue weighted by molar-refractivity contribution is -0.132. The number of esters is 1. The van der Waals surface area contributed by atoms with Crippen LogP contribution in [0.15, 0.2) is 5.16 Å². The van der Waals surface area contributed by atoms with Crippen molar-refractivity contribution in [3.05, 3.63) is 0 Å². The quantitative estimate of drug-likeness (QED) is 0.497. The first kappa shape index (κ1) is 7.05. The van der Waals surface area contributed by atoms with Crippen LogP contribution in [-0.2, 0) is 14.4 Å². The summed E-state index contributed by atoms with van der Waals surface area (Å²) in [7, 11) is 1.33. The third-order valence-corrected chi connectivity index (χ3v) is 1.24. The molecule has 0 bridgehead atoms. The third-order valence-electron chi connectivity index (χ3n) is 1.24. The van der Waals surface area contributed by atoms with Crippen LogP contribution in [0, 0.1) is 0 Å². The molecule has 10 heavy (non-hydrogen) atoms. The second-order valence-corrected chi connectivity index (χ2v) is 2.15. The van der Waals surface area contributed by atoms with Gasteiger partial charge in [0, 0.05) is 6.42 Å². The van der Waals surface area contributed by atoms with Crippen LogP contribution in [0.1, 0.15) is 13.3 Å². The van der Waals surface area contributed by atoms with E-state index in [1.807, 2.05) is 6.92 Å². The number of rotatable bonds is 1. The molecule has 1 aliphatic rings. The Balaban J connectivity index is 2.51. The van der Waals surface area contributed by atoms with Gasteiger partial charge >= 0.3 is 5.97 Å². The summed E-state index contributed by atoms with van der Waals surface area (Å²) in [5.74, 6) is -0.399. The Morgan fingerprint density at radius 1 is 1.90 bits per heavy atom. The van der Waals surface area contributed by atoms with Gasteiger partial charge in [-0.1, -0.05) is 5.16 Å². The highest BCUT2D eigenvalue weighted by Gasteiger charge is 2.22. The van der Waals surface area contributed by atoms with Crippen molar-refractivity contribution in [2.24, 2.45) is 5.16 Å². The predicted octanol–water partition coefficient (Wildman–Crippen LogP) is 0.324. The Kier molecular flexibility index (Phi) is 1.89. The Morgan fingerprint density at radius 3 is 3.00 bits per heavy atom. The first-order valence-electron chi connectivity index (χ1n) is 3.05. The zero-order valence-corrected chi connectivity index (χ0v) is 5.96. The molecule has 0 fully saturated rings. The summed E-state index contributed by atoms with van der Waals surface area (Å²) < 4.78 is 4.43. The number of ether oxygens (including phenoxy) is 1. The number of hydrogen-bond acceptors (Lipinski definition) is 4. The SMILES string of the molecule is COC(=O)C1=NOC(C)C1. The lowest BCUT2D eigenvalue weighted by Crippen LogP contribution is -2.15. The van der Waals surface area contributed by atoms with Crippen molar-refractivity contribution in [2.45, 2.75) is 19.4 Å².